The Bertz CT molecular complexity index is 792. The van der Waals surface area contributed by atoms with Crippen molar-refractivity contribution in [1.29, 1.82) is 0 Å². The molecule has 138 valence electrons. The van der Waals surface area contributed by atoms with Crippen LogP contribution in [0.5, 0.6) is 5.75 Å². The normalized spacial score (nSPS) is 10.3. The summed E-state index contributed by atoms with van der Waals surface area (Å²) in [6.07, 6.45) is 0. The first-order valence-electron chi connectivity index (χ1n) is 9.11. The highest BCUT2D eigenvalue weighted by Crippen LogP contribution is 2.17. The monoisotopic (exact) mass is 360 g/mol. The number of anilines is 1. The van der Waals surface area contributed by atoms with Gasteiger partial charge in [0.1, 0.15) is 5.75 Å². The van der Waals surface area contributed by atoms with Crippen molar-refractivity contribution in [3.8, 4) is 5.75 Å². The molecule has 0 radical (unpaired) electrons. The fourth-order valence-electron chi connectivity index (χ4n) is 2.81. The minimum absolute atomic E-state index is 0.133. The first-order chi connectivity index (χ1) is 13.2. The molecule has 27 heavy (non-hydrogen) atoms. The lowest BCUT2D eigenvalue weighted by atomic mass is 10.2. The van der Waals surface area contributed by atoms with E-state index in [1.165, 1.54) is 0 Å². The molecule has 3 rings (SSSR count). The van der Waals surface area contributed by atoms with Crippen molar-refractivity contribution in [2.24, 2.45) is 0 Å². The van der Waals surface area contributed by atoms with Crippen LogP contribution in [0.4, 0.5) is 10.5 Å². The van der Waals surface area contributed by atoms with Crippen molar-refractivity contribution < 1.29 is 9.53 Å². The van der Waals surface area contributed by atoms with E-state index in [4.69, 9.17) is 4.74 Å². The topological polar surface area (TPSA) is 41.6 Å². The molecule has 2 amide bonds. The number of nitrogens with zero attached hydrogens (tertiary/aromatic N) is 1. The van der Waals surface area contributed by atoms with Gasteiger partial charge in [0.25, 0.3) is 0 Å². The molecule has 3 aromatic carbocycles. The van der Waals surface area contributed by atoms with Crippen molar-refractivity contribution in [3.05, 3.63) is 96.1 Å². The van der Waals surface area contributed by atoms with Gasteiger partial charge in [-0.25, -0.2) is 4.79 Å². The highest BCUT2D eigenvalue weighted by Gasteiger charge is 2.15. The first kappa shape index (κ1) is 18.5. The Morgan fingerprint density at radius 2 is 1.33 bits per heavy atom. The highest BCUT2D eigenvalue weighted by molar-refractivity contribution is 5.89. The molecule has 0 aromatic heterocycles. The summed E-state index contributed by atoms with van der Waals surface area (Å²) in [5.41, 5.74) is 2.93. The molecule has 0 aliphatic heterocycles. The quantitative estimate of drug-likeness (QED) is 0.619. The second kappa shape index (κ2) is 9.43. The van der Waals surface area contributed by atoms with Crippen LogP contribution in [0.15, 0.2) is 84.9 Å². The van der Waals surface area contributed by atoms with Crippen LogP contribution in [-0.4, -0.2) is 17.5 Å². The number of carbonyl (C=O) groups is 1. The van der Waals surface area contributed by atoms with Crippen molar-refractivity contribution in [2.75, 3.05) is 11.9 Å². The summed E-state index contributed by atoms with van der Waals surface area (Å²) in [5.74, 6) is 0.793. The molecule has 3 aromatic rings. The van der Waals surface area contributed by atoms with Gasteiger partial charge >= 0.3 is 6.03 Å². The molecule has 4 nitrogen and oxygen atoms in total. The van der Waals surface area contributed by atoms with Crippen LogP contribution in [0.1, 0.15) is 18.1 Å². The molecule has 0 saturated heterocycles. The molecule has 0 unspecified atom stereocenters. The van der Waals surface area contributed by atoms with E-state index in [9.17, 15) is 4.79 Å². The average molecular weight is 360 g/mol. The predicted octanol–water partition coefficient (Wildman–Crippen LogP) is 5.32. The third-order valence-corrected chi connectivity index (χ3v) is 4.14. The summed E-state index contributed by atoms with van der Waals surface area (Å²) in [6.45, 7) is 3.64. The van der Waals surface area contributed by atoms with Crippen LogP contribution < -0.4 is 10.1 Å². The number of amides is 2. The minimum atomic E-state index is -0.133. The number of hydrogen-bond donors (Lipinski definition) is 1. The number of urea groups is 1. The maximum absolute atomic E-state index is 12.9. The Labute approximate surface area is 160 Å². The number of nitrogens with one attached hydrogen (secondary N) is 1. The van der Waals surface area contributed by atoms with E-state index in [0.29, 0.717) is 19.7 Å². The molecule has 0 spiro atoms. The third-order valence-electron chi connectivity index (χ3n) is 4.14. The molecule has 0 fully saturated rings. The van der Waals surface area contributed by atoms with E-state index in [0.717, 1.165) is 22.6 Å². The van der Waals surface area contributed by atoms with E-state index in [1.807, 2.05) is 91.9 Å². The maximum Gasteiger partial charge on any atom is 0.322 e. The van der Waals surface area contributed by atoms with Crippen LogP contribution in [0, 0.1) is 0 Å². The van der Waals surface area contributed by atoms with Gasteiger partial charge in [0.2, 0.25) is 0 Å². The number of ether oxygens (including phenoxy) is 1. The molecule has 0 aliphatic carbocycles. The summed E-state index contributed by atoms with van der Waals surface area (Å²) in [7, 11) is 0. The van der Waals surface area contributed by atoms with Gasteiger partial charge in [-0.05, 0) is 42.3 Å². The first-order valence-corrected chi connectivity index (χ1v) is 9.11. The standard InChI is InChI=1S/C23H24N2O2/c1-2-27-22-15-13-21(14-16-22)24-23(26)25(17-19-9-5-3-6-10-19)18-20-11-7-4-8-12-20/h3-16H,2,17-18H2,1H3,(H,24,26). The van der Waals surface area contributed by atoms with E-state index in [-0.39, 0.29) is 6.03 Å². The zero-order chi connectivity index (χ0) is 18.9. The molecular formula is C23H24N2O2. The van der Waals surface area contributed by atoms with Crippen molar-refractivity contribution in [1.82, 2.24) is 4.90 Å². The summed E-state index contributed by atoms with van der Waals surface area (Å²) in [5, 5.41) is 2.98. The van der Waals surface area contributed by atoms with E-state index >= 15 is 0 Å². The molecule has 0 atom stereocenters. The lowest BCUT2D eigenvalue weighted by Crippen LogP contribution is -2.34. The predicted molar refractivity (Wildman–Crippen MR) is 109 cm³/mol. The minimum Gasteiger partial charge on any atom is -0.494 e. The third kappa shape index (κ3) is 5.61. The largest absolute Gasteiger partial charge is 0.494 e. The van der Waals surface area contributed by atoms with Gasteiger partial charge in [-0.1, -0.05) is 60.7 Å². The van der Waals surface area contributed by atoms with Gasteiger partial charge in [-0.15, -0.1) is 0 Å². The summed E-state index contributed by atoms with van der Waals surface area (Å²) >= 11 is 0. The molecule has 0 bridgehead atoms. The van der Waals surface area contributed by atoms with Gasteiger partial charge in [-0.2, -0.15) is 0 Å². The van der Waals surface area contributed by atoms with Gasteiger partial charge in [0, 0.05) is 18.8 Å². The average Bonchev–Trinajstić information content (AvgIpc) is 2.71. The van der Waals surface area contributed by atoms with Crippen molar-refractivity contribution >= 4 is 11.7 Å². The van der Waals surface area contributed by atoms with Crippen LogP contribution in [0.25, 0.3) is 0 Å². The number of rotatable bonds is 7. The van der Waals surface area contributed by atoms with Crippen molar-refractivity contribution in [2.45, 2.75) is 20.0 Å². The molecule has 0 aliphatic rings. The Kier molecular flexibility index (Phi) is 6.47. The second-order valence-corrected chi connectivity index (χ2v) is 6.21. The summed E-state index contributed by atoms with van der Waals surface area (Å²) < 4.78 is 5.45. The molecule has 0 heterocycles. The van der Waals surface area contributed by atoms with Crippen LogP contribution in [-0.2, 0) is 13.1 Å². The fraction of sp³-hybridized carbons (Fsp3) is 0.174. The Morgan fingerprint density at radius 3 is 1.81 bits per heavy atom. The van der Waals surface area contributed by atoms with E-state index < -0.39 is 0 Å². The van der Waals surface area contributed by atoms with Gasteiger partial charge < -0.3 is 15.0 Å². The summed E-state index contributed by atoms with van der Waals surface area (Å²) in [4.78, 5) is 14.7. The smallest absolute Gasteiger partial charge is 0.322 e. The zero-order valence-corrected chi connectivity index (χ0v) is 15.5. The van der Waals surface area contributed by atoms with Crippen LogP contribution >= 0.6 is 0 Å². The van der Waals surface area contributed by atoms with E-state index in [1.54, 1.807) is 4.90 Å². The van der Waals surface area contributed by atoms with Gasteiger partial charge in [0.15, 0.2) is 0 Å². The molecular weight excluding hydrogens is 336 g/mol. The van der Waals surface area contributed by atoms with Crippen LogP contribution in [0.3, 0.4) is 0 Å². The maximum atomic E-state index is 12.9. The van der Waals surface area contributed by atoms with Gasteiger partial charge in [-0.3, -0.25) is 0 Å². The molecule has 0 saturated carbocycles. The Hall–Kier alpha value is -3.27. The molecule has 1 N–H and O–H groups in total. The fourth-order valence-corrected chi connectivity index (χ4v) is 2.81. The summed E-state index contributed by atoms with van der Waals surface area (Å²) in [6, 6.07) is 27.3. The van der Waals surface area contributed by atoms with E-state index in [2.05, 4.69) is 5.32 Å². The second-order valence-electron chi connectivity index (χ2n) is 6.21. The van der Waals surface area contributed by atoms with Crippen LogP contribution in [0.2, 0.25) is 0 Å². The molecule has 4 heteroatoms. The Morgan fingerprint density at radius 1 is 0.815 bits per heavy atom. The van der Waals surface area contributed by atoms with Gasteiger partial charge in [0.05, 0.1) is 6.61 Å². The Balaban J connectivity index is 1.73. The number of hydrogen-bond acceptors (Lipinski definition) is 2. The lowest BCUT2D eigenvalue weighted by Gasteiger charge is -2.23. The SMILES string of the molecule is CCOc1ccc(NC(=O)N(Cc2ccccc2)Cc2ccccc2)cc1. The van der Waals surface area contributed by atoms with Crippen molar-refractivity contribution in [3.63, 3.8) is 0 Å². The lowest BCUT2D eigenvalue weighted by molar-refractivity contribution is 0.206. The zero-order valence-electron chi connectivity index (χ0n) is 15.5. The number of carbonyl (C=O) groups excluding carboxylic acids is 1. The highest BCUT2D eigenvalue weighted by atomic mass is 16.5. The number of benzene rings is 3.